The van der Waals surface area contributed by atoms with E-state index in [0.717, 1.165) is 30.3 Å². The summed E-state index contributed by atoms with van der Waals surface area (Å²) in [5.74, 6) is 0.591. The van der Waals surface area contributed by atoms with Gasteiger partial charge in [0.05, 0.1) is 12.1 Å². The molecule has 3 aliphatic heterocycles. The number of ether oxygens (including phenoxy) is 1. The monoisotopic (exact) mass is 270 g/mol. The third-order valence-corrected chi connectivity index (χ3v) is 3.87. The van der Waals surface area contributed by atoms with Crippen LogP contribution >= 0.6 is 0 Å². The Morgan fingerprint density at radius 3 is 3.20 bits per heavy atom. The molecule has 0 bridgehead atoms. The second kappa shape index (κ2) is 4.10. The topological polar surface area (TPSA) is 57.3 Å². The maximum absolute atomic E-state index is 12.0. The lowest BCUT2D eigenvalue weighted by molar-refractivity contribution is 0.307. The molecule has 0 fully saturated rings. The Morgan fingerprint density at radius 2 is 2.35 bits per heavy atom. The van der Waals surface area contributed by atoms with Gasteiger partial charge in [0.25, 0.3) is 0 Å². The van der Waals surface area contributed by atoms with E-state index in [1.807, 2.05) is 19.1 Å². The number of aryl methyl sites for hydroxylation is 2. The van der Waals surface area contributed by atoms with Crippen molar-refractivity contribution in [3.63, 3.8) is 0 Å². The molecule has 0 saturated heterocycles. The zero-order valence-corrected chi connectivity index (χ0v) is 11.2. The number of hydrogen-bond acceptors (Lipinski definition) is 4. The van der Waals surface area contributed by atoms with Gasteiger partial charge < -0.3 is 13.8 Å². The maximum Gasteiger partial charge on any atom is 0.373 e. The summed E-state index contributed by atoms with van der Waals surface area (Å²) in [7, 11) is 0. The highest BCUT2D eigenvalue weighted by Gasteiger charge is 2.28. The van der Waals surface area contributed by atoms with Crippen molar-refractivity contribution in [3.05, 3.63) is 34.2 Å². The van der Waals surface area contributed by atoms with Gasteiger partial charge in [0, 0.05) is 11.9 Å². The molecule has 0 aliphatic carbocycles. The molecule has 1 aromatic carbocycles. The summed E-state index contributed by atoms with van der Waals surface area (Å²) in [6.45, 7) is 3.27. The van der Waals surface area contributed by atoms with Crippen molar-refractivity contribution in [2.45, 2.75) is 26.3 Å². The number of aromatic nitrogens is 2. The minimum Gasteiger partial charge on any atom is -0.478 e. The molecule has 5 heteroatoms. The van der Waals surface area contributed by atoms with Gasteiger partial charge in [-0.25, -0.2) is 4.79 Å². The first-order valence-corrected chi connectivity index (χ1v) is 6.88. The molecule has 3 aliphatic rings. The molecule has 1 aromatic rings. The minimum atomic E-state index is -0.426. The van der Waals surface area contributed by atoms with Crippen molar-refractivity contribution in [2.24, 2.45) is 0 Å². The van der Waals surface area contributed by atoms with E-state index in [4.69, 9.17) is 9.26 Å². The van der Waals surface area contributed by atoms with Crippen LogP contribution in [0.4, 0.5) is 0 Å². The fourth-order valence-electron chi connectivity index (χ4n) is 3.11. The molecule has 4 rings (SSSR count). The summed E-state index contributed by atoms with van der Waals surface area (Å²) < 4.78 is 12.7. The average molecular weight is 270 g/mol. The summed E-state index contributed by atoms with van der Waals surface area (Å²) in [5.41, 5.74) is 3.02. The van der Waals surface area contributed by atoms with Crippen LogP contribution < -0.4 is 10.4 Å². The number of benzene rings is 1. The number of fused-ring (bicyclic) bond motifs is 2. The number of rotatable bonds is 2. The van der Waals surface area contributed by atoms with E-state index in [-0.39, 0.29) is 0 Å². The molecule has 5 nitrogen and oxygen atoms in total. The Bertz CT molecular complexity index is 831. The lowest BCUT2D eigenvalue weighted by Gasteiger charge is -2.24. The van der Waals surface area contributed by atoms with Crippen LogP contribution in [0.2, 0.25) is 0 Å². The van der Waals surface area contributed by atoms with Crippen LogP contribution in [0, 0.1) is 0 Å². The summed E-state index contributed by atoms with van der Waals surface area (Å²) >= 11 is 0. The summed E-state index contributed by atoms with van der Waals surface area (Å²) in [6, 6.07) is 6.12. The second-order valence-corrected chi connectivity index (χ2v) is 5.00. The molecule has 0 radical (unpaired) electrons. The lowest BCUT2D eigenvalue weighted by Crippen LogP contribution is -2.17. The van der Waals surface area contributed by atoms with Crippen LogP contribution in [0.5, 0.6) is 5.88 Å². The molecule has 0 N–H and O–H groups in total. The largest absolute Gasteiger partial charge is 0.478 e. The zero-order valence-electron chi connectivity index (χ0n) is 11.2. The van der Waals surface area contributed by atoms with Crippen molar-refractivity contribution in [3.8, 4) is 17.1 Å². The van der Waals surface area contributed by atoms with Crippen molar-refractivity contribution >= 4 is 10.9 Å². The quantitative estimate of drug-likeness (QED) is 0.717. The van der Waals surface area contributed by atoms with Gasteiger partial charge in [0.1, 0.15) is 5.69 Å². The van der Waals surface area contributed by atoms with Gasteiger partial charge in [-0.05, 0) is 25.3 Å². The lowest BCUT2D eigenvalue weighted by atomic mass is 9.98. The Morgan fingerprint density at radius 1 is 1.45 bits per heavy atom. The summed E-state index contributed by atoms with van der Waals surface area (Å²) in [5, 5.41) is 4.91. The third kappa shape index (κ3) is 1.37. The zero-order chi connectivity index (χ0) is 13.7. The minimum absolute atomic E-state index is 0.426. The Labute approximate surface area is 115 Å². The van der Waals surface area contributed by atoms with Crippen molar-refractivity contribution in [2.75, 3.05) is 6.61 Å². The molecule has 102 valence electrons. The van der Waals surface area contributed by atoms with Gasteiger partial charge in [-0.3, -0.25) is 0 Å². The van der Waals surface area contributed by atoms with Crippen LogP contribution in [-0.2, 0) is 13.0 Å². The summed E-state index contributed by atoms with van der Waals surface area (Å²) in [4.78, 5) is 12.0. The molecule has 0 unspecified atom stereocenters. The number of nitrogens with zero attached hydrogens (tertiary/aromatic N) is 2. The van der Waals surface area contributed by atoms with Gasteiger partial charge in [0.15, 0.2) is 5.56 Å². The molecule has 0 atom stereocenters. The van der Waals surface area contributed by atoms with Gasteiger partial charge in [-0.15, -0.1) is 0 Å². The molecule has 0 spiro atoms. The van der Waals surface area contributed by atoms with Crippen molar-refractivity contribution < 1.29 is 9.26 Å². The predicted octanol–water partition coefficient (Wildman–Crippen LogP) is 2.44. The molecule has 3 heterocycles. The third-order valence-electron chi connectivity index (χ3n) is 3.87. The van der Waals surface area contributed by atoms with E-state index in [0.29, 0.717) is 23.7 Å². The van der Waals surface area contributed by atoms with Crippen molar-refractivity contribution in [1.29, 1.82) is 0 Å². The summed E-state index contributed by atoms with van der Waals surface area (Å²) in [6.07, 6.45) is 2.08. The van der Waals surface area contributed by atoms with Gasteiger partial charge in [-0.2, -0.15) is 0 Å². The Kier molecular flexibility index (Phi) is 2.36. The van der Waals surface area contributed by atoms with Crippen LogP contribution in [0.25, 0.3) is 22.2 Å². The highest BCUT2D eigenvalue weighted by Crippen LogP contribution is 2.39. The van der Waals surface area contributed by atoms with Gasteiger partial charge in [0.2, 0.25) is 5.88 Å². The van der Waals surface area contributed by atoms with Crippen molar-refractivity contribution in [1.82, 2.24) is 9.72 Å². The Hall–Kier alpha value is -2.30. The normalized spacial score (nSPS) is 14.1. The van der Waals surface area contributed by atoms with Crippen LogP contribution in [0.1, 0.15) is 18.9 Å². The number of hydrogen-bond donors (Lipinski definition) is 0. The fourth-order valence-corrected chi connectivity index (χ4v) is 3.11. The van der Waals surface area contributed by atoms with E-state index in [2.05, 4.69) is 15.8 Å². The second-order valence-electron chi connectivity index (χ2n) is 5.00. The highest BCUT2D eigenvalue weighted by atomic mass is 16.5. The molecular weight excluding hydrogens is 256 g/mol. The van der Waals surface area contributed by atoms with Gasteiger partial charge in [-0.1, -0.05) is 23.4 Å². The van der Waals surface area contributed by atoms with Crippen LogP contribution in [0.3, 0.4) is 0 Å². The highest BCUT2D eigenvalue weighted by molar-refractivity contribution is 5.97. The van der Waals surface area contributed by atoms with Crippen LogP contribution in [-0.4, -0.2) is 16.3 Å². The average Bonchev–Trinajstić information content (AvgIpc) is 2.86. The molecular formula is C15H14N2O3. The predicted molar refractivity (Wildman–Crippen MR) is 74.4 cm³/mol. The van der Waals surface area contributed by atoms with E-state index in [9.17, 15) is 4.79 Å². The maximum atomic E-state index is 12.0. The first kappa shape index (κ1) is 11.5. The van der Waals surface area contributed by atoms with E-state index >= 15 is 0 Å². The van der Waals surface area contributed by atoms with Gasteiger partial charge >= 0.3 is 5.63 Å². The number of pyridine rings is 1. The first-order chi connectivity index (χ1) is 9.81. The molecule has 20 heavy (non-hydrogen) atoms. The number of para-hydroxylation sites is 1. The van der Waals surface area contributed by atoms with E-state index < -0.39 is 5.63 Å². The Balaban J connectivity index is 2.25. The van der Waals surface area contributed by atoms with E-state index in [1.54, 1.807) is 0 Å². The first-order valence-electron chi connectivity index (χ1n) is 6.88. The fraction of sp³-hybridized carbons (Fsp3) is 0.333. The van der Waals surface area contributed by atoms with E-state index in [1.165, 1.54) is 5.56 Å². The smallest absolute Gasteiger partial charge is 0.373 e. The molecule has 0 aromatic heterocycles. The van der Waals surface area contributed by atoms with Crippen LogP contribution in [0.15, 0.2) is 27.5 Å². The standard InChI is InChI=1S/C15H14N2O3/c1-2-19-14-11-12(16-20-15(11)18)10-7-3-5-9-6-4-8-17(14)13(9)10/h3,5,7H,2,4,6,8H2,1H3. The SMILES string of the molecule is CCOc1c2c(=O)onc-2c2cccc3c2n1CCC3. The molecule has 0 amide bonds. The molecule has 0 saturated carbocycles.